The van der Waals surface area contributed by atoms with Crippen LogP contribution in [0.3, 0.4) is 0 Å². The maximum atomic E-state index is 11.8. The van der Waals surface area contributed by atoms with Crippen molar-refractivity contribution in [3.05, 3.63) is 23.5 Å². The lowest BCUT2D eigenvalue weighted by Crippen LogP contribution is -2.24. The first-order valence-electron chi connectivity index (χ1n) is 5.91. The molecular formula is C12H18N4O3. The first kappa shape index (κ1) is 14.9. The van der Waals surface area contributed by atoms with Gasteiger partial charge in [-0.15, -0.1) is 5.10 Å². The molecule has 1 N–H and O–H groups in total. The predicted molar refractivity (Wildman–Crippen MR) is 68.6 cm³/mol. The fraction of sp³-hybridized carbons (Fsp3) is 0.500. The highest BCUT2D eigenvalue weighted by atomic mass is 16.5. The summed E-state index contributed by atoms with van der Waals surface area (Å²) in [4.78, 5) is 22.7. The Morgan fingerprint density at radius 2 is 2.16 bits per heavy atom. The number of carbonyl (C=O) groups excluding carboxylic acids is 2. The third-order valence-electron chi connectivity index (χ3n) is 2.47. The molecule has 0 unspecified atom stereocenters. The zero-order chi connectivity index (χ0) is 14.4. The van der Waals surface area contributed by atoms with Crippen LogP contribution in [-0.4, -0.2) is 40.5 Å². The van der Waals surface area contributed by atoms with Gasteiger partial charge in [0.1, 0.15) is 0 Å². The van der Waals surface area contributed by atoms with Crippen molar-refractivity contribution in [3.8, 4) is 0 Å². The van der Waals surface area contributed by atoms with Crippen molar-refractivity contribution in [1.29, 1.82) is 0 Å². The van der Waals surface area contributed by atoms with E-state index in [1.165, 1.54) is 19.3 Å². The van der Waals surface area contributed by atoms with Crippen LogP contribution in [0.15, 0.2) is 12.2 Å². The Morgan fingerprint density at radius 3 is 2.68 bits per heavy atom. The van der Waals surface area contributed by atoms with Crippen LogP contribution >= 0.6 is 0 Å². The molecule has 7 nitrogen and oxygen atoms in total. The van der Waals surface area contributed by atoms with Crippen molar-refractivity contribution < 1.29 is 14.3 Å². The number of nitrogens with one attached hydrogen (secondary N) is 1. The SMILES string of the molecule is COC(=O)/C=C/CNC(=O)c1nnn(C(C)C)c1C. The molecule has 1 amide bonds. The molecule has 0 radical (unpaired) electrons. The molecule has 1 aromatic rings. The molecule has 19 heavy (non-hydrogen) atoms. The van der Waals surface area contributed by atoms with Crippen molar-refractivity contribution >= 4 is 11.9 Å². The summed E-state index contributed by atoms with van der Waals surface area (Å²) >= 11 is 0. The Kier molecular flexibility index (Phi) is 5.23. The maximum absolute atomic E-state index is 11.8. The number of hydrogen-bond donors (Lipinski definition) is 1. The number of amides is 1. The van der Waals surface area contributed by atoms with E-state index in [0.29, 0.717) is 11.4 Å². The molecule has 0 saturated carbocycles. The molecule has 0 aliphatic heterocycles. The predicted octanol–water partition coefficient (Wildman–Crippen LogP) is 0.626. The number of carbonyl (C=O) groups is 2. The number of rotatable bonds is 5. The van der Waals surface area contributed by atoms with Crippen LogP contribution in [0.25, 0.3) is 0 Å². The van der Waals surface area contributed by atoms with Gasteiger partial charge in [0.05, 0.1) is 12.8 Å². The van der Waals surface area contributed by atoms with Gasteiger partial charge in [0, 0.05) is 18.7 Å². The third kappa shape index (κ3) is 3.90. The molecule has 104 valence electrons. The lowest BCUT2D eigenvalue weighted by atomic mass is 10.3. The molecular weight excluding hydrogens is 248 g/mol. The second-order valence-corrected chi connectivity index (χ2v) is 4.20. The van der Waals surface area contributed by atoms with Gasteiger partial charge in [-0.05, 0) is 20.8 Å². The zero-order valence-electron chi connectivity index (χ0n) is 11.5. The molecule has 0 saturated heterocycles. The summed E-state index contributed by atoms with van der Waals surface area (Å²) in [5.41, 5.74) is 1.00. The van der Waals surface area contributed by atoms with Gasteiger partial charge in [-0.25, -0.2) is 9.48 Å². The van der Waals surface area contributed by atoms with E-state index in [1.54, 1.807) is 11.6 Å². The van der Waals surface area contributed by atoms with E-state index in [1.807, 2.05) is 13.8 Å². The first-order valence-corrected chi connectivity index (χ1v) is 5.91. The highest BCUT2D eigenvalue weighted by Gasteiger charge is 2.16. The summed E-state index contributed by atoms with van der Waals surface area (Å²) in [5, 5.41) is 10.4. The highest BCUT2D eigenvalue weighted by molar-refractivity contribution is 5.93. The largest absolute Gasteiger partial charge is 0.466 e. The lowest BCUT2D eigenvalue weighted by molar-refractivity contribution is -0.134. The minimum atomic E-state index is -0.462. The molecule has 0 fully saturated rings. The van der Waals surface area contributed by atoms with Crippen LogP contribution in [0.1, 0.15) is 36.1 Å². The number of methoxy groups -OCH3 is 1. The number of esters is 1. The summed E-state index contributed by atoms with van der Waals surface area (Å²) in [6, 6.07) is 0.147. The van der Waals surface area contributed by atoms with E-state index in [4.69, 9.17) is 0 Å². The second kappa shape index (κ2) is 6.67. The average Bonchev–Trinajstić information content (AvgIpc) is 2.76. The molecule has 0 aromatic carbocycles. The van der Waals surface area contributed by atoms with Gasteiger partial charge in [0.25, 0.3) is 5.91 Å². The van der Waals surface area contributed by atoms with Crippen molar-refractivity contribution in [2.45, 2.75) is 26.8 Å². The number of hydrogen-bond acceptors (Lipinski definition) is 5. The van der Waals surface area contributed by atoms with Crippen molar-refractivity contribution in [2.75, 3.05) is 13.7 Å². The molecule has 7 heteroatoms. The third-order valence-corrected chi connectivity index (χ3v) is 2.47. The van der Waals surface area contributed by atoms with Crippen LogP contribution in [0, 0.1) is 6.92 Å². The van der Waals surface area contributed by atoms with Crippen LogP contribution < -0.4 is 5.32 Å². The van der Waals surface area contributed by atoms with E-state index in [0.717, 1.165) is 0 Å². The summed E-state index contributed by atoms with van der Waals surface area (Å²) in [5.74, 6) is -0.782. The van der Waals surface area contributed by atoms with Crippen LogP contribution in [0.5, 0.6) is 0 Å². The molecule has 0 spiro atoms. The summed E-state index contributed by atoms with van der Waals surface area (Å²) in [6.07, 6.45) is 2.75. The molecule has 1 rings (SSSR count). The quantitative estimate of drug-likeness (QED) is 0.624. The Bertz CT molecular complexity index is 491. The number of aromatic nitrogens is 3. The molecule has 0 aliphatic rings. The topological polar surface area (TPSA) is 86.1 Å². The Balaban J connectivity index is 2.60. The van der Waals surface area contributed by atoms with Gasteiger partial charge in [0.15, 0.2) is 5.69 Å². The van der Waals surface area contributed by atoms with Crippen molar-refractivity contribution in [3.63, 3.8) is 0 Å². The average molecular weight is 266 g/mol. The molecule has 0 aliphatic carbocycles. The van der Waals surface area contributed by atoms with Gasteiger partial charge in [0.2, 0.25) is 0 Å². The monoisotopic (exact) mass is 266 g/mol. The minimum absolute atomic E-state index is 0.147. The van der Waals surface area contributed by atoms with Gasteiger partial charge in [-0.1, -0.05) is 11.3 Å². The summed E-state index contributed by atoms with van der Waals surface area (Å²) < 4.78 is 6.11. The number of nitrogens with zero attached hydrogens (tertiary/aromatic N) is 3. The van der Waals surface area contributed by atoms with Crippen LogP contribution in [-0.2, 0) is 9.53 Å². The van der Waals surface area contributed by atoms with Crippen molar-refractivity contribution in [2.24, 2.45) is 0 Å². The van der Waals surface area contributed by atoms with E-state index < -0.39 is 5.97 Å². The standard InChI is InChI=1S/C12H18N4O3/c1-8(2)16-9(3)11(14-15-16)12(18)13-7-5-6-10(17)19-4/h5-6,8H,7H2,1-4H3,(H,13,18)/b6-5+. The summed E-state index contributed by atoms with van der Waals surface area (Å²) in [6.45, 7) is 5.94. The first-order chi connectivity index (χ1) is 8.97. The molecule has 0 bridgehead atoms. The van der Waals surface area contributed by atoms with Crippen LogP contribution in [0.2, 0.25) is 0 Å². The Labute approximate surface area is 111 Å². The highest BCUT2D eigenvalue weighted by Crippen LogP contribution is 2.09. The maximum Gasteiger partial charge on any atom is 0.330 e. The van der Waals surface area contributed by atoms with Gasteiger partial charge in [-0.2, -0.15) is 0 Å². The minimum Gasteiger partial charge on any atom is -0.466 e. The molecule has 1 aromatic heterocycles. The van der Waals surface area contributed by atoms with Gasteiger partial charge >= 0.3 is 5.97 Å². The smallest absolute Gasteiger partial charge is 0.330 e. The fourth-order valence-electron chi connectivity index (χ4n) is 1.50. The lowest BCUT2D eigenvalue weighted by Gasteiger charge is -2.06. The van der Waals surface area contributed by atoms with Crippen molar-refractivity contribution in [1.82, 2.24) is 20.3 Å². The zero-order valence-corrected chi connectivity index (χ0v) is 11.5. The molecule has 0 atom stereocenters. The van der Waals surface area contributed by atoms with E-state index >= 15 is 0 Å². The second-order valence-electron chi connectivity index (χ2n) is 4.20. The van der Waals surface area contributed by atoms with Gasteiger partial charge < -0.3 is 10.1 Å². The molecule has 1 heterocycles. The van der Waals surface area contributed by atoms with Crippen LogP contribution in [0.4, 0.5) is 0 Å². The van der Waals surface area contributed by atoms with Gasteiger partial charge in [-0.3, -0.25) is 4.79 Å². The Hall–Kier alpha value is -2.18. The normalized spacial score (nSPS) is 11.0. The van der Waals surface area contributed by atoms with E-state index in [9.17, 15) is 9.59 Å². The fourth-order valence-corrected chi connectivity index (χ4v) is 1.50. The van der Waals surface area contributed by atoms with E-state index in [2.05, 4.69) is 20.4 Å². The summed E-state index contributed by atoms with van der Waals surface area (Å²) in [7, 11) is 1.29. The number of ether oxygens (including phenoxy) is 1. The van der Waals surface area contributed by atoms with E-state index in [-0.39, 0.29) is 18.5 Å². The Morgan fingerprint density at radius 1 is 1.47 bits per heavy atom.